The number of imidazole rings is 1. The number of hydrogen-bond acceptors (Lipinski definition) is 2. The molecule has 0 saturated heterocycles. The number of nitrogens with one attached hydrogen (secondary N) is 2. The lowest BCUT2D eigenvalue weighted by atomic mass is 10.1. The lowest BCUT2D eigenvalue weighted by Crippen LogP contribution is -2.18. The maximum Gasteiger partial charge on any atom is 0.201 e. The number of nitrogens with zero attached hydrogens (tertiary/aromatic N) is 1. The molecule has 1 atom stereocenters. The lowest BCUT2D eigenvalue weighted by molar-refractivity contribution is 0.626. The summed E-state index contributed by atoms with van der Waals surface area (Å²) in [6, 6.07) is 11.0. The fourth-order valence-corrected chi connectivity index (χ4v) is 2.31. The normalized spacial score (nSPS) is 12.5. The SMILES string of the molecule is CC(Cc1ccc(F)cc1)Nc1nc2ccc(F)cc2[nH]1. The summed E-state index contributed by atoms with van der Waals surface area (Å²) in [6.07, 6.45) is 0.742. The molecule has 1 aromatic heterocycles. The first-order chi connectivity index (χ1) is 10.1. The van der Waals surface area contributed by atoms with Crippen molar-refractivity contribution in [1.29, 1.82) is 0 Å². The number of fused-ring (bicyclic) bond motifs is 1. The summed E-state index contributed by atoms with van der Waals surface area (Å²) in [5.41, 5.74) is 2.41. The summed E-state index contributed by atoms with van der Waals surface area (Å²) in [6.45, 7) is 2.01. The molecule has 3 rings (SSSR count). The predicted octanol–water partition coefficient (Wildman–Crippen LogP) is 3.88. The van der Waals surface area contributed by atoms with Crippen LogP contribution in [0.1, 0.15) is 12.5 Å². The summed E-state index contributed by atoms with van der Waals surface area (Å²) in [4.78, 5) is 7.40. The van der Waals surface area contributed by atoms with E-state index in [1.165, 1.54) is 24.3 Å². The molecule has 3 nitrogen and oxygen atoms in total. The second kappa shape index (κ2) is 5.52. The van der Waals surface area contributed by atoms with E-state index in [1.807, 2.05) is 6.92 Å². The van der Waals surface area contributed by atoms with Crippen molar-refractivity contribution in [1.82, 2.24) is 9.97 Å². The van der Waals surface area contributed by atoms with Crippen LogP contribution in [0.4, 0.5) is 14.7 Å². The molecule has 0 aliphatic carbocycles. The molecular formula is C16H15F2N3. The summed E-state index contributed by atoms with van der Waals surface area (Å²) < 4.78 is 26.0. The fourth-order valence-electron chi connectivity index (χ4n) is 2.31. The van der Waals surface area contributed by atoms with Gasteiger partial charge in [-0.05, 0) is 49.2 Å². The van der Waals surface area contributed by atoms with E-state index in [1.54, 1.807) is 18.2 Å². The molecule has 5 heteroatoms. The first kappa shape index (κ1) is 13.5. The second-order valence-corrected chi connectivity index (χ2v) is 5.12. The average Bonchev–Trinajstić information content (AvgIpc) is 2.82. The highest BCUT2D eigenvalue weighted by atomic mass is 19.1. The van der Waals surface area contributed by atoms with Gasteiger partial charge in [-0.15, -0.1) is 0 Å². The Kier molecular flexibility index (Phi) is 3.56. The molecule has 108 valence electrons. The number of benzene rings is 2. The van der Waals surface area contributed by atoms with E-state index in [0.29, 0.717) is 17.0 Å². The molecule has 0 saturated carbocycles. The number of halogens is 2. The minimum absolute atomic E-state index is 0.112. The molecule has 0 fully saturated rings. The standard InChI is InChI=1S/C16H15F2N3/c1-10(8-11-2-4-12(17)5-3-11)19-16-20-14-7-6-13(18)9-15(14)21-16/h2-7,9-10H,8H2,1H3,(H2,19,20,21). The van der Waals surface area contributed by atoms with E-state index in [-0.39, 0.29) is 17.7 Å². The Morgan fingerprint density at radius 2 is 1.81 bits per heavy atom. The van der Waals surface area contributed by atoms with Crippen LogP contribution < -0.4 is 5.32 Å². The monoisotopic (exact) mass is 287 g/mol. The highest BCUT2D eigenvalue weighted by Crippen LogP contribution is 2.16. The van der Waals surface area contributed by atoms with Crippen molar-refractivity contribution < 1.29 is 8.78 Å². The number of H-pyrrole nitrogens is 1. The van der Waals surface area contributed by atoms with Crippen LogP contribution in [0.25, 0.3) is 11.0 Å². The van der Waals surface area contributed by atoms with Crippen LogP contribution in [-0.2, 0) is 6.42 Å². The summed E-state index contributed by atoms with van der Waals surface area (Å²) in [5.74, 6) is 0.0703. The maximum atomic E-state index is 13.1. The third kappa shape index (κ3) is 3.18. The van der Waals surface area contributed by atoms with Gasteiger partial charge in [-0.25, -0.2) is 13.8 Å². The molecule has 0 aliphatic heterocycles. The van der Waals surface area contributed by atoms with Gasteiger partial charge in [0, 0.05) is 6.04 Å². The number of anilines is 1. The zero-order chi connectivity index (χ0) is 14.8. The van der Waals surface area contributed by atoms with Gasteiger partial charge in [-0.2, -0.15) is 0 Å². The Hall–Kier alpha value is -2.43. The number of rotatable bonds is 4. The third-order valence-electron chi connectivity index (χ3n) is 3.28. The van der Waals surface area contributed by atoms with Gasteiger partial charge < -0.3 is 10.3 Å². The van der Waals surface area contributed by atoms with Crippen LogP contribution in [0.3, 0.4) is 0 Å². The number of aromatic amines is 1. The third-order valence-corrected chi connectivity index (χ3v) is 3.28. The van der Waals surface area contributed by atoms with Crippen LogP contribution in [-0.4, -0.2) is 16.0 Å². The van der Waals surface area contributed by atoms with E-state index >= 15 is 0 Å². The predicted molar refractivity (Wildman–Crippen MR) is 79.2 cm³/mol. The Labute approximate surface area is 121 Å². The first-order valence-electron chi connectivity index (χ1n) is 6.76. The van der Waals surface area contributed by atoms with Gasteiger partial charge in [0.25, 0.3) is 0 Å². The summed E-state index contributed by atoms with van der Waals surface area (Å²) in [5, 5.41) is 3.23. The van der Waals surface area contributed by atoms with E-state index in [2.05, 4.69) is 15.3 Å². The maximum absolute atomic E-state index is 13.1. The topological polar surface area (TPSA) is 40.7 Å². The fraction of sp³-hybridized carbons (Fsp3) is 0.188. The van der Waals surface area contributed by atoms with E-state index in [4.69, 9.17) is 0 Å². The van der Waals surface area contributed by atoms with Gasteiger partial charge in [-0.1, -0.05) is 12.1 Å². The molecule has 2 N–H and O–H groups in total. The van der Waals surface area contributed by atoms with Gasteiger partial charge >= 0.3 is 0 Å². The van der Waals surface area contributed by atoms with Crippen molar-refractivity contribution in [3.05, 3.63) is 59.7 Å². The molecule has 0 aliphatic rings. The van der Waals surface area contributed by atoms with Crippen molar-refractivity contribution in [3.63, 3.8) is 0 Å². The van der Waals surface area contributed by atoms with Gasteiger partial charge in [-0.3, -0.25) is 0 Å². The molecule has 21 heavy (non-hydrogen) atoms. The highest BCUT2D eigenvalue weighted by molar-refractivity contribution is 5.77. The molecule has 0 bridgehead atoms. The zero-order valence-corrected chi connectivity index (χ0v) is 11.5. The second-order valence-electron chi connectivity index (χ2n) is 5.12. The molecule has 1 unspecified atom stereocenters. The van der Waals surface area contributed by atoms with Crippen molar-refractivity contribution in [2.24, 2.45) is 0 Å². The van der Waals surface area contributed by atoms with Gasteiger partial charge in [0.2, 0.25) is 5.95 Å². The summed E-state index contributed by atoms with van der Waals surface area (Å²) in [7, 11) is 0. The minimum Gasteiger partial charge on any atom is -0.353 e. The largest absolute Gasteiger partial charge is 0.353 e. The van der Waals surface area contributed by atoms with Crippen LogP contribution >= 0.6 is 0 Å². The Morgan fingerprint density at radius 1 is 1.10 bits per heavy atom. The van der Waals surface area contributed by atoms with Crippen LogP contribution in [0.2, 0.25) is 0 Å². The molecule has 0 amide bonds. The van der Waals surface area contributed by atoms with Crippen LogP contribution in [0.5, 0.6) is 0 Å². The number of hydrogen-bond donors (Lipinski definition) is 2. The summed E-state index contributed by atoms with van der Waals surface area (Å²) >= 11 is 0. The minimum atomic E-state index is -0.294. The van der Waals surface area contributed by atoms with E-state index in [9.17, 15) is 8.78 Å². The zero-order valence-electron chi connectivity index (χ0n) is 11.5. The first-order valence-corrected chi connectivity index (χ1v) is 6.76. The van der Waals surface area contributed by atoms with E-state index in [0.717, 1.165) is 12.0 Å². The Bertz CT molecular complexity index is 750. The molecule has 1 heterocycles. The number of aromatic nitrogens is 2. The molecule has 0 spiro atoms. The van der Waals surface area contributed by atoms with Gasteiger partial charge in [0.15, 0.2) is 0 Å². The van der Waals surface area contributed by atoms with Gasteiger partial charge in [0.05, 0.1) is 11.0 Å². The van der Waals surface area contributed by atoms with Crippen molar-refractivity contribution in [2.45, 2.75) is 19.4 Å². The molecular weight excluding hydrogens is 272 g/mol. The van der Waals surface area contributed by atoms with Crippen LogP contribution in [0.15, 0.2) is 42.5 Å². The quantitative estimate of drug-likeness (QED) is 0.764. The van der Waals surface area contributed by atoms with Crippen molar-refractivity contribution >= 4 is 17.0 Å². The average molecular weight is 287 g/mol. The lowest BCUT2D eigenvalue weighted by Gasteiger charge is -2.12. The van der Waals surface area contributed by atoms with Gasteiger partial charge in [0.1, 0.15) is 11.6 Å². The van der Waals surface area contributed by atoms with Crippen LogP contribution in [0, 0.1) is 11.6 Å². The Balaban J connectivity index is 1.70. The van der Waals surface area contributed by atoms with Crippen molar-refractivity contribution in [3.8, 4) is 0 Å². The highest BCUT2D eigenvalue weighted by Gasteiger charge is 2.08. The molecule has 2 aromatic carbocycles. The van der Waals surface area contributed by atoms with Crippen molar-refractivity contribution in [2.75, 3.05) is 5.32 Å². The Morgan fingerprint density at radius 3 is 2.57 bits per heavy atom. The molecule has 0 radical (unpaired) electrons. The molecule has 3 aromatic rings. The smallest absolute Gasteiger partial charge is 0.201 e. The van der Waals surface area contributed by atoms with E-state index < -0.39 is 0 Å².